The molecule has 4 heteroatoms. The van der Waals surface area contributed by atoms with Crippen molar-refractivity contribution in [3.05, 3.63) is 36.2 Å². The molecule has 0 radical (unpaired) electrons. The van der Waals surface area contributed by atoms with Crippen LogP contribution < -0.4 is 0 Å². The summed E-state index contributed by atoms with van der Waals surface area (Å²) in [6.45, 7) is 0. The number of rotatable bonds is 3. The van der Waals surface area contributed by atoms with Gasteiger partial charge in [-0.25, -0.2) is 0 Å². The molecule has 17 heavy (non-hydrogen) atoms. The van der Waals surface area contributed by atoms with Crippen LogP contribution in [0.1, 0.15) is 12.0 Å². The largest absolute Gasteiger partial charge is 0.303 e. The fourth-order valence-corrected chi connectivity index (χ4v) is 2.26. The molecule has 1 saturated carbocycles. The van der Waals surface area contributed by atoms with Gasteiger partial charge in [0.25, 0.3) is 0 Å². The highest BCUT2D eigenvalue weighted by Crippen LogP contribution is 2.51. The number of benzene rings is 1. The van der Waals surface area contributed by atoms with Crippen LogP contribution in [0, 0.1) is 5.92 Å². The van der Waals surface area contributed by atoms with Gasteiger partial charge in [0.1, 0.15) is 12.6 Å². The van der Waals surface area contributed by atoms with Crippen molar-refractivity contribution in [1.29, 1.82) is 0 Å². The van der Waals surface area contributed by atoms with Crippen LogP contribution in [0.25, 0.3) is 11.0 Å². The summed E-state index contributed by atoms with van der Waals surface area (Å²) in [5.41, 5.74) is 1.79. The van der Waals surface area contributed by atoms with Crippen molar-refractivity contribution in [1.82, 2.24) is 9.97 Å². The van der Waals surface area contributed by atoms with Gasteiger partial charge in [0.2, 0.25) is 0 Å². The maximum absolute atomic E-state index is 11.2. The topological polar surface area (TPSA) is 59.9 Å². The van der Waals surface area contributed by atoms with Crippen LogP contribution in [0.15, 0.2) is 30.6 Å². The van der Waals surface area contributed by atoms with Gasteiger partial charge in [-0.05, 0) is 24.1 Å². The van der Waals surface area contributed by atoms with Crippen LogP contribution in [0.2, 0.25) is 0 Å². The lowest BCUT2D eigenvalue weighted by atomic mass is 9.94. The molecule has 1 aromatic heterocycles. The summed E-state index contributed by atoms with van der Waals surface area (Å²) in [5.74, 6) is -0.186. The first kappa shape index (κ1) is 10.1. The molecule has 0 bridgehead atoms. The molecule has 3 rings (SSSR count). The number of nitrogens with zero attached hydrogens (tertiary/aromatic N) is 2. The third kappa shape index (κ3) is 1.37. The zero-order valence-corrected chi connectivity index (χ0v) is 9.04. The van der Waals surface area contributed by atoms with E-state index in [4.69, 9.17) is 0 Å². The van der Waals surface area contributed by atoms with Crippen LogP contribution in [-0.2, 0) is 15.0 Å². The van der Waals surface area contributed by atoms with Crippen LogP contribution in [0.5, 0.6) is 0 Å². The van der Waals surface area contributed by atoms with Gasteiger partial charge in [0.15, 0.2) is 0 Å². The van der Waals surface area contributed by atoms with E-state index < -0.39 is 5.41 Å². The second-order valence-corrected chi connectivity index (χ2v) is 4.36. The van der Waals surface area contributed by atoms with E-state index in [1.165, 1.54) is 0 Å². The fourth-order valence-electron chi connectivity index (χ4n) is 2.26. The molecule has 4 nitrogen and oxygen atoms in total. The van der Waals surface area contributed by atoms with Crippen molar-refractivity contribution in [2.45, 2.75) is 11.8 Å². The normalized spacial score (nSPS) is 26.7. The Hall–Kier alpha value is -2.10. The summed E-state index contributed by atoms with van der Waals surface area (Å²) in [5, 5.41) is 0. The Kier molecular flexibility index (Phi) is 2.04. The minimum atomic E-state index is -0.618. The first-order chi connectivity index (χ1) is 8.30. The van der Waals surface area contributed by atoms with Gasteiger partial charge in [-0.3, -0.25) is 9.97 Å². The standard InChI is InChI=1S/C13H10N2O2/c16-7-10-6-13(10,8-17)9-1-2-11-12(5-9)15-4-3-14-11/h1-5,7-8,10H,6H2. The highest BCUT2D eigenvalue weighted by atomic mass is 16.1. The van der Waals surface area contributed by atoms with E-state index in [-0.39, 0.29) is 5.92 Å². The van der Waals surface area contributed by atoms with Crippen LogP contribution in [0.4, 0.5) is 0 Å². The highest BCUT2D eigenvalue weighted by molar-refractivity contribution is 5.85. The number of carbonyl (C=O) groups excluding carboxylic acids is 2. The number of hydrogen-bond donors (Lipinski definition) is 0. The number of fused-ring (bicyclic) bond motifs is 1. The van der Waals surface area contributed by atoms with Gasteiger partial charge >= 0.3 is 0 Å². The van der Waals surface area contributed by atoms with Gasteiger partial charge in [-0.2, -0.15) is 0 Å². The molecule has 2 unspecified atom stereocenters. The van der Waals surface area contributed by atoms with Gasteiger partial charge in [-0.15, -0.1) is 0 Å². The van der Waals surface area contributed by atoms with Crippen LogP contribution in [-0.4, -0.2) is 22.5 Å². The van der Waals surface area contributed by atoms with Crippen LogP contribution in [0.3, 0.4) is 0 Å². The molecule has 0 spiro atoms. The molecule has 0 N–H and O–H groups in total. The smallest absolute Gasteiger partial charge is 0.131 e. The lowest BCUT2D eigenvalue weighted by Crippen LogP contribution is -2.12. The molecule has 1 heterocycles. The predicted octanol–water partition coefficient (Wildman–Crippen LogP) is 1.29. The second kappa shape index (κ2) is 3.45. The van der Waals surface area contributed by atoms with E-state index in [9.17, 15) is 9.59 Å². The molecule has 0 amide bonds. The molecule has 84 valence electrons. The van der Waals surface area contributed by atoms with Crippen molar-refractivity contribution in [2.24, 2.45) is 5.92 Å². The van der Waals surface area contributed by atoms with Crippen molar-refractivity contribution in [3.63, 3.8) is 0 Å². The summed E-state index contributed by atoms with van der Waals surface area (Å²) >= 11 is 0. The average molecular weight is 226 g/mol. The molecule has 1 aromatic carbocycles. The lowest BCUT2D eigenvalue weighted by Gasteiger charge is -2.08. The van der Waals surface area contributed by atoms with E-state index >= 15 is 0 Å². The Balaban J connectivity index is 2.12. The number of aldehydes is 2. The molecule has 1 aliphatic rings. The quantitative estimate of drug-likeness (QED) is 0.740. The van der Waals surface area contributed by atoms with Crippen LogP contribution >= 0.6 is 0 Å². The Morgan fingerprint density at radius 3 is 2.59 bits per heavy atom. The Morgan fingerprint density at radius 1 is 1.18 bits per heavy atom. The maximum Gasteiger partial charge on any atom is 0.131 e. The summed E-state index contributed by atoms with van der Waals surface area (Å²) in [7, 11) is 0. The Labute approximate surface area is 97.7 Å². The minimum Gasteiger partial charge on any atom is -0.303 e. The SMILES string of the molecule is O=CC1CC1(C=O)c1ccc2nccnc2c1. The summed E-state index contributed by atoms with van der Waals surface area (Å²) < 4.78 is 0. The zero-order valence-electron chi connectivity index (χ0n) is 9.04. The zero-order chi connectivity index (χ0) is 11.9. The van der Waals surface area contributed by atoms with Gasteiger partial charge in [-0.1, -0.05) is 6.07 Å². The summed E-state index contributed by atoms with van der Waals surface area (Å²) in [4.78, 5) is 30.4. The first-order valence-corrected chi connectivity index (χ1v) is 5.43. The molecule has 1 aliphatic carbocycles. The molecule has 1 fully saturated rings. The number of hydrogen-bond acceptors (Lipinski definition) is 4. The molecule has 0 aliphatic heterocycles. The van der Waals surface area contributed by atoms with Crippen molar-refractivity contribution in [2.75, 3.05) is 0 Å². The third-order valence-corrected chi connectivity index (χ3v) is 3.44. The molecule has 2 aromatic rings. The Bertz CT molecular complexity index is 611. The summed E-state index contributed by atoms with van der Waals surface area (Å²) in [6.07, 6.45) is 5.58. The molecular weight excluding hydrogens is 216 g/mol. The first-order valence-electron chi connectivity index (χ1n) is 5.43. The highest BCUT2D eigenvalue weighted by Gasteiger charge is 2.55. The third-order valence-electron chi connectivity index (χ3n) is 3.44. The van der Waals surface area contributed by atoms with E-state index in [1.807, 2.05) is 18.2 Å². The second-order valence-electron chi connectivity index (χ2n) is 4.36. The van der Waals surface area contributed by atoms with E-state index in [0.29, 0.717) is 6.42 Å². The van der Waals surface area contributed by atoms with E-state index in [2.05, 4.69) is 9.97 Å². The molecule has 0 saturated heterocycles. The fraction of sp³-hybridized carbons (Fsp3) is 0.231. The number of carbonyl (C=O) groups is 2. The van der Waals surface area contributed by atoms with Crippen molar-refractivity contribution >= 4 is 23.6 Å². The van der Waals surface area contributed by atoms with Crippen molar-refractivity contribution in [3.8, 4) is 0 Å². The van der Waals surface area contributed by atoms with Gasteiger partial charge < -0.3 is 9.59 Å². The molecular formula is C13H10N2O2. The monoisotopic (exact) mass is 226 g/mol. The summed E-state index contributed by atoms with van der Waals surface area (Å²) in [6, 6.07) is 5.54. The van der Waals surface area contributed by atoms with Crippen molar-refractivity contribution < 1.29 is 9.59 Å². The maximum atomic E-state index is 11.2. The van der Waals surface area contributed by atoms with E-state index in [1.54, 1.807) is 12.4 Å². The Morgan fingerprint density at radius 2 is 1.94 bits per heavy atom. The lowest BCUT2D eigenvalue weighted by molar-refractivity contribution is -0.113. The van der Waals surface area contributed by atoms with E-state index in [0.717, 1.165) is 29.2 Å². The van der Waals surface area contributed by atoms with Gasteiger partial charge in [0.05, 0.1) is 16.4 Å². The average Bonchev–Trinajstić information content (AvgIpc) is 3.13. The predicted molar refractivity (Wildman–Crippen MR) is 61.5 cm³/mol. The molecule has 2 atom stereocenters. The minimum absolute atomic E-state index is 0.186. The van der Waals surface area contributed by atoms with Gasteiger partial charge in [0, 0.05) is 18.3 Å². The number of aromatic nitrogens is 2.